The van der Waals surface area contributed by atoms with Gasteiger partial charge in [0.05, 0.1) is 5.69 Å². The minimum Gasteiger partial charge on any atom is -0.477 e. The van der Waals surface area contributed by atoms with E-state index in [4.69, 9.17) is 0 Å². The summed E-state index contributed by atoms with van der Waals surface area (Å²) in [4.78, 5) is 11.4. The molecule has 0 bridgehead atoms. The van der Waals surface area contributed by atoms with Crippen molar-refractivity contribution >= 4 is 11.8 Å². The van der Waals surface area contributed by atoms with Crippen molar-refractivity contribution in [1.82, 2.24) is 9.78 Å². The summed E-state index contributed by atoms with van der Waals surface area (Å²) in [6, 6.07) is 8.68. The van der Waals surface area contributed by atoms with Crippen molar-refractivity contribution in [1.29, 1.82) is 0 Å². The third-order valence-corrected chi connectivity index (χ3v) is 4.12. The van der Waals surface area contributed by atoms with E-state index in [0.29, 0.717) is 11.5 Å². The number of hydrogen-bond acceptors (Lipinski definition) is 3. The zero-order valence-corrected chi connectivity index (χ0v) is 12.3. The molecule has 0 saturated carbocycles. The van der Waals surface area contributed by atoms with Gasteiger partial charge in [-0.25, -0.2) is 4.79 Å². The second-order valence-corrected chi connectivity index (χ2v) is 5.59. The van der Waals surface area contributed by atoms with Gasteiger partial charge in [0.1, 0.15) is 11.4 Å². The molecule has 1 aromatic heterocycles. The summed E-state index contributed by atoms with van der Waals surface area (Å²) >= 11 is 0. The molecule has 0 amide bonds. The van der Waals surface area contributed by atoms with Crippen LogP contribution in [0.2, 0.25) is 0 Å². The minimum absolute atomic E-state index is 0.243. The number of anilines is 1. The van der Waals surface area contributed by atoms with Gasteiger partial charge in [0.2, 0.25) is 0 Å². The smallest absolute Gasteiger partial charge is 0.341 e. The molecule has 2 aromatic rings. The van der Waals surface area contributed by atoms with Crippen LogP contribution in [0.1, 0.15) is 33.6 Å². The highest BCUT2D eigenvalue weighted by molar-refractivity contribution is 5.94. The summed E-state index contributed by atoms with van der Waals surface area (Å²) in [5.41, 5.74) is 3.56. The van der Waals surface area contributed by atoms with Gasteiger partial charge in [-0.15, -0.1) is 0 Å². The summed E-state index contributed by atoms with van der Waals surface area (Å²) in [6.07, 6.45) is 2.94. The number of nitrogens with zero attached hydrogens (tertiary/aromatic N) is 2. The van der Waals surface area contributed by atoms with Gasteiger partial charge in [-0.1, -0.05) is 24.3 Å². The topological polar surface area (TPSA) is 67.2 Å². The first-order valence-corrected chi connectivity index (χ1v) is 7.16. The molecule has 0 spiro atoms. The Bertz CT molecular complexity index is 691. The molecule has 2 N–H and O–H groups in total. The van der Waals surface area contributed by atoms with E-state index in [0.717, 1.165) is 19.3 Å². The molecule has 1 atom stereocenters. The summed E-state index contributed by atoms with van der Waals surface area (Å²) in [7, 11) is 1.78. The molecular formula is C16H19N3O2. The van der Waals surface area contributed by atoms with Crippen molar-refractivity contribution in [2.24, 2.45) is 7.05 Å². The van der Waals surface area contributed by atoms with E-state index in [1.54, 1.807) is 18.7 Å². The van der Waals surface area contributed by atoms with Gasteiger partial charge in [0, 0.05) is 13.1 Å². The lowest BCUT2D eigenvalue weighted by Gasteiger charge is -2.26. The van der Waals surface area contributed by atoms with Crippen LogP contribution in [0.15, 0.2) is 24.3 Å². The molecule has 0 saturated heterocycles. The maximum atomic E-state index is 11.4. The zero-order chi connectivity index (χ0) is 15.0. The molecule has 21 heavy (non-hydrogen) atoms. The van der Waals surface area contributed by atoms with Gasteiger partial charge in [0.25, 0.3) is 0 Å². The molecule has 1 aromatic carbocycles. The largest absolute Gasteiger partial charge is 0.477 e. The third kappa shape index (κ3) is 2.51. The van der Waals surface area contributed by atoms with Crippen LogP contribution in [-0.4, -0.2) is 26.9 Å². The number of benzene rings is 1. The second kappa shape index (κ2) is 5.24. The van der Waals surface area contributed by atoms with Gasteiger partial charge in [-0.05, 0) is 37.3 Å². The SMILES string of the molecule is Cc1nn(C)c(NC2CCc3ccccc3C2)c1C(=O)O. The average Bonchev–Trinajstić information content (AvgIpc) is 2.73. The highest BCUT2D eigenvalue weighted by Crippen LogP contribution is 2.26. The number of aryl methyl sites for hydroxylation is 3. The van der Waals surface area contributed by atoms with E-state index >= 15 is 0 Å². The summed E-state index contributed by atoms with van der Waals surface area (Å²) < 4.78 is 1.62. The number of rotatable bonds is 3. The van der Waals surface area contributed by atoms with Gasteiger partial charge in [-0.3, -0.25) is 4.68 Å². The molecule has 5 nitrogen and oxygen atoms in total. The van der Waals surface area contributed by atoms with E-state index in [2.05, 4.69) is 34.7 Å². The first-order valence-electron chi connectivity index (χ1n) is 7.16. The van der Waals surface area contributed by atoms with Crippen molar-refractivity contribution in [3.8, 4) is 0 Å². The molecule has 3 rings (SSSR count). The summed E-state index contributed by atoms with van der Waals surface area (Å²) in [6.45, 7) is 1.73. The molecule has 0 fully saturated rings. The second-order valence-electron chi connectivity index (χ2n) is 5.59. The molecule has 1 aliphatic carbocycles. The maximum Gasteiger partial charge on any atom is 0.341 e. The molecular weight excluding hydrogens is 266 g/mol. The number of aromatic carboxylic acids is 1. The van der Waals surface area contributed by atoms with Crippen LogP contribution in [0.4, 0.5) is 5.82 Å². The molecule has 1 aliphatic rings. The number of nitrogens with one attached hydrogen (secondary N) is 1. The van der Waals surface area contributed by atoms with Crippen LogP contribution in [-0.2, 0) is 19.9 Å². The zero-order valence-electron chi connectivity index (χ0n) is 12.3. The van der Waals surface area contributed by atoms with Crippen molar-refractivity contribution in [2.75, 3.05) is 5.32 Å². The Balaban J connectivity index is 1.84. The Morgan fingerprint density at radius 1 is 1.38 bits per heavy atom. The first kappa shape index (κ1) is 13.7. The van der Waals surface area contributed by atoms with E-state index in [1.807, 2.05) is 0 Å². The van der Waals surface area contributed by atoms with Crippen molar-refractivity contribution < 1.29 is 9.90 Å². The highest BCUT2D eigenvalue weighted by Gasteiger charge is 2.24. The lowest BCUT2D eigenvalue weighted by molar-refractivity contribution is 0.0697. The summed E-state index contributed by atoms with van der Waals surface area (Å²) in [5.74, 6) is -0.330. The standard InChI is InChI=1S/C16H19N3O2/c1-10-14(16(20)21)15(19(2)18-10)17-13-8-7-11-5-3-4-6-12(11)9-13/h3-6,13,17H,7-9H2,1-2H3,(H,20,21). The van der Waals surface area contributed by atoms with Crippen molar-refractivity contribution in [3.05, 3.63) is 46.6 Å². The molecule has 1 heterocycles. The normalized spacial score (nSPS) is 17.3. The Morgan fingerprint density at radius 3 is 2.81 bits per heavy atom. The number of aromatic nitrogens is 2. The number of hydrogen-bond donors (Lipinski definition) is 2. The van der Waals surface area contributed by atoms with E-state index in [-0.39, 0.29) is 11.6 Å². The fourth-order valence-corrected chi connectivity index (χ4v) is 3.09. The van der Waals surface area contributed by atoms with Crippen molar-refractivity contribution in [2.45, 2.75) is 32.2 Å². The minimum atomic E-state index is -0.931. The maximum absolute atomic E-state index is 11.4. The van der Waals surface area contributed by atoms with E-state index < -0.39 is 5.97 Å². The van der Waals surface area contributed by atoms with Crippen LogP contribution in [0.5, 0.6) is 0 Å². The predicted octanol–water partition coefficient (Wildman–Crippen LogP) is 2.40. The lowest BCUT2D eigenvalue weighted by atomic mass is 9.88. The van der Waals surface area contributed by atoms with Gasteiger partial charge in [0.15, 0.2) is 0 Å². The van der Waals surface area contributed by atoms with Crippen LogP contribution in [0.3, 0.4) is 0 Å². The average molecular weight is 285 g/mol. The van der Waals surface area contributed by atoms with Gasteiger partial charge >= 0.3 is 5.97 Å². The number of fused-ring (bicyclic) bond motifs is 1. The quantitative estimate of drug-likeness (QED) is 0.908. The van der Waals surface area contributed by atoms with Crippen LogP contribution in [0.25, 0.3) is 0 Å². The van der Waals surface area contributed by atoms with Crippen LogP contribution < -0.4 is 5.32 Å². The Morgan fingerprint density at radius 2 is 2.10 bits per heavy atom. The Hall–Kier alpha value is -2.30. The van der Waals surface area contributed by atoms with E-state index in [9.17, 15) is 9.90 Å². The summed E-state index contributed by atoms with van der Waals surface area (Å²) in [5, 5.41) is 16.9. The molecule has 0 aliphatic heterocycles. The monoisotopic (exact) mass is 285 g/mol. The fraction of sp³-hybridized carbons (Fsp3) is 0.375. The van der Waals surface area contributed by atoms with Crippen LogP contribution >= 0.6 is 0 Å². The lowest BCUT2D eigenvalue weighted by Crippen LogP contribution is -2.29. The Labute approximate surface area is 123 Å². The van der Waals surface area contributed by atoms with Gasteiger partial charge in [-0.2, -0.15) is 5.10 Å². The molecule has 1 unspecified atom stereocenters. The number of carboxylic acid groups (broad SMARTS) is 1. The van der Waals surface area contributed by atoms with E-state index in [1.165, 1.54) is 11.1 Å². The van der Waals surface area contributed by atoms with Crippen molar-refractivity contribution in [3.63, 3.8) is 0 Å². The molecule has 5 heteroatoms. The Kier molecular flexibility index (Phi) is 3.41. The number of carbonyl (C=O) groups is 1. The highest BCUT2D eigenvalue weighted by atomic mass is 16.4. The predicted molar refractivity (Wildman–Crippen MR) is 80.8 cm³/mol. The van der Waals surface area contributed by atoms with Gasteiger partial charge < -0.3 is 10.4 Å². The van der Waals surface area contributed by atoms with Crippen LogP contribution in [0, 0.1) is 6.92 Å². The fourth-order valence-electron chi connectivity index (χ4n) is 3.09. The number of carboxylic acids is 1. The first-order chi connectivity index (χ1) is 10.1. The molecule has 0 radical (unpaired) electrons. The molecule has 110 valence electrons. The third-order valence-electron chi connectivity index (χ3n) is 4.12.